The van der Waals surface area contributed by atoms with Gasteiger partial charge in [0.25, 0.3) is 0 Å². The summed E-state index contributed by atoms with van der Waals surface area (Å²) in [7, 11) is 0. The number of rotatable bonds is 4. The van der Waals surface area contributed by atoms with Crippen LogP contribution in [0, 0.1) is 0 Å². The van der Waals surface area contributed by atoms with Crippen molar-refractivity contribution in [3.05, 3.63) is 29.8 Å². The highest BCUT2D eigenvalue weighted by atomic mass is 35.5. The molecule has 1 atom stereocenters. The molecule has 9 heteroatoms. The number of halogens is 2. The van der Waals surface area contributed by atoms with Crippen molar-refractivity contribution in [2.45, 2.75) is 31.7 Å². The van der Waals surface area contributed by atoms with Crippen LogP contribution in [0.3, 0.4) is 0 Å². The molecule has 0 aliphatic carbocycles. The molecule has 2 aliphatic rings. The Morgan fingerprint density at radius 1 is 1.11 bits per heavy atom. The van der Waals surface area contributed by atoms with E-state index in [0.29, 0.717) is 30.4 Å². The maximum absolute atomic E-state index is 12.6. The van der Waals surface area contributed by atoms with Gasteiger partial charge >= 0.3 is 12.0 Å². The third-order valence-corrected chi connectivity index (χ3v) is 5.47. The van der Waals surface area contributed by atoms with Crippen LogP contribution >= 0.6 is 24.8 Å². The third kappa shape index (κ3) is 5.98. The summed E-state index contributed by atoms with van der Waals surface area (Å²) in [5, 5.41) is 15.6. The number of carbonyl (C=O) groups is 2. The summed E-state index contributed by atoms with van der Waals surface area (Å²) in [6.45, 7) is 6.97. The van der Waals surface area contributed by atoms with Crippen LogP contribution in [-0.2, 0) is 4.79 Å². The van der Waals surface area contributed by atoms with Gasteiger partial charge in [0.05, 0.1) is 5.92 Å². The minimum atomic E-state index is -0.901. The lowest BCUT2D eigenvalue weighted by molar-refractivity contribution is -0.138. The molecule has 0 radical (unpaired) electrons. The zero-order valence-electron chi connectivity index (χ0n) is 16.1. The molecule has 7 nitrogen and oxygen atoms in total. The summed E-state index contributed by atoms with van der Waals surface area (Å²) in [4.78, 5) is 28.2. The molecule has 1 aromatic carbocycles. The predicted octanol–water partition coefficient (Wildman–Crippen LogP) is 2.62. The summed E-state index contributed by atoms with van der Waals surface area (Å²) in [6, 6.07) is 7.59. The number of urea groups is 1. The zero-order chi connectivity index (χ0) is 18.5. The van der Waals surface area contributed by atoms with Crippen molar-refractivity contribution in [2.24, 2.45) is 0 Å². The van der Waals surface area contributed by atoms with Crippen molar-refractivity contribution in [3.8, 4) is 0 Å². The average molecular weight is 433 g/mol. The number of hydrogen-bond donors (Lipinski definition) is 3. The van der Waals surface area contributed by atoms with Gasteiger partial charge in [-0.15, -0.1) is 24.8 Å². The van der Waals surface area contributed by atoms with Crippen molar-refractivity contribution in [3.63, 3.8) is 0 Å². The van der Waals surface area contributed by atoms with Crippen LogP contribution < -0.4 is 10.6 Å². The summed E-state index contributed by atoms with van der Waals surface area (Å²) < 4.78 is 0. The number of para-hydroxylation sites is 1. The zero-order valence-corrected chi connectivity index (χ0v) is 17.7. The van der Waals surface area contributed by atoms with E-state index in [2.05, 4.69) is 15.5 Å². The average Bonchev–Trinajstić information content (AvgIpc) is 2.68. The molecule has 2 aliphatic heterocycles. The van der Waals surface area contributed by atoms with Crippen molar-refractivity contribution >= 4 is 42.5 Å². The summed E-state index contributed by atoms with van der Waals surface area (Å²) in [6.07, 6.45) is 2.35. The van der Waals surface area contributed by atoms with Crippen molar-refractivity contribution in [1.82, 2.24) is 15.1 Å². The fraction of sp³-hybridized carbons (Fsp3) is 0.579. The van der Waals surface area contributed by atoms with Crippen LogP contribution in [0.25, 0.3) is 0 Å². The summed E-state index contributed by atoms with van der Waals surface area (Å²) >= 11 is 0. The maximum Gasteiger partial charge on any atom is 0.321 e. The van der Waals surface area contributed by atoms with Crippen LogP contribution in [0.2, 0.25) is 0 Å². The molecule has 0 spiro atoms. The minimum absolute atomic E-state index is 0. The first-order valence-electron chi connectivity index (χ1n) is 9.38. The number of carboxylic acid groups (broad SMARTS) is 1. The van der Waals surface area contributed by atoms with Crippen molar-refractivity contribution in [2.75, 3.05) is 44.6 Å². The molecular formula is C19H30Cl2N4O3. The molecule has 2 fully saturated rings. The van der Waals surface area contributed by atoms with Gasteiger partial charge in [-0.3, -0.25) is 9.69 Å². The summed E-state index contributed by atoms with van der Waals surface area (Å²) in [5.41, 5.74) is 1.20. The maximum atomic E-state index is 12.6. The normalized spacial score (nSPS) is 19.1. The van der Waals surface area contributed by atoms with E-state index in [-0.39, 0.29) is 30.8 Å². The molecule has 2 heterocycles. The Labute approximate surface area is 178 Å². The molecular weight excluding hydrogens is 403 g/mol. The summed E-state index contributed by atoms with van der Waals surface area (Å²) in [5.74, 6) is -1.56. The van der Waals surface area contributed by atoms with E-state index in [0.717, 1.165) is 26.2 Å². The Morgan fingerprint density at radius 2 is 1.71 bits per heavy atom. The molecule has 3 N–H and O–H groups in total. The first-order valence-corrected chi connectivity index (χ1v) is 9.38. The highest BCUT2D eigenvalue weighted by Crippen LogP contribution is 2.25. The van der Waals surface area contributed by atoms with E-state index in [1.54, 1.807) is 25.1 Å². The number of hydrogen-bond acceptors (Lipinski definition) is 4. The Morgan fingerprint density at radius 3 is 2.32 bits per heavy atom. The lowest BCUT2D eigenvalue weighted by Gasteiger charge is -2.40. The second-order valence-electron chi connectivity index (χ2n) is 7.08. The predicted molar refractivity (Wildman–Crippen MR) is 115 cm³/mol. The van der Waals surface area contributed by atoms with Gasteiger partial charge in [0.2, 0.25) is 0 Å². The van der Waals surface area contributed by atoms with Crippen LogP contribution in [0.4, 0.5) is 10.5 Å². The molecule has 1 unspecified atom stereocenters. The number of piperidine rings is 1. The fourth-order valence-electron chi connectivity index (χ4n) is 3.78. The Hall–Kier alpha value is -1.54. The van der Waals surface area contributed by atoms with Crippen LogP contribution in [0.1, 0.15) is 31.2 Å². The number of piperazine rings is 1. The van der Waals surface area contributed by atoms with Crippen LogP contribution in [0.5, 0.6) is 0 Å². The number of aliphatic carboxylic acids is 1. The molecule has 2 amide bonds. The topological polar surface area (TPSA) is 84.9 Å². The van der Waals surface area contributed by atoms with E-state index in [9.17, 15) is 14.7 Å². The smallest absolute Gasteiger partial charge is 0.321 e. The van der Waals surface area contributed by atoms with Gasteiger partial charge in [-0.05, 0) is 44.5 Å². The van der Waals surface area contributed by atoms with E-state index in [1.165, 1.54) is 12.8 Å². The first kappa shape index (κ1) is 24.5. The molecule has 158 valence electrons. The minimum Gasteiger partial charge on any atom is -0.481 e. The van der Waals surface area contributed by atoms with Gasteiger partial charge in [0.1, 0.15) is 0 Å². The monoisotopic (exact) mass is 432 g/mol. The molecule has 0 bridgehead atoms. The number of amides is 2. The number of nitrogens with zero attached hydrogens (tertiary/aromatic N) is 2. The van der Waals surface area contributed by atoms with Gasteiger partial charge in [0.15, 0.2) is 0 Å². The highest BCUT2D eigenvalue weighted by molar-refractivity contribution is 5.91. The van der Waals surface area contributed by atoms with Crippen molar-refractivity contribution in [1.29, 1.82) is 0 Å². The van der Waals surface area contributed by atoms with Crippen LogP contribution in [-0.4, -0.2) is 72.2 Å². The molecule has 1 aromatic rings. The van der Waals surface area contributed by atoms with E-state index in [4.69, 9.17) is 0 Å². The number of nitrogens with one attached hydrogen (secondary N) is 2. The van der Waals surface area contributed by atoms with Crippen molar-refractivity contribution < 1.29 is 14.7 Å². The number of carboxylic acids is 1. The largest absolute Gasteiger partial charge is 0.481 e. The van der Waals surface area contributed by atoms with Gasteiger partial charge in [-0.2, -0.15) is 0 Å². The Bertz CT molecular complexity index is 648. The fourth-order valence-corrected chi connectivity index (χ4v) is 3.78. The standard InChI is InChI=1S/C19H28N4O3.2ClH/c1-14(18(24)25)16-4-2-3-5-17(16)21-19(26)23-12-10-22(11-13-23)15-6-8-20-9-7-15;;/h2-5,14-15,20H,6-13H2,1H3,(H,21,26)(H,24,25);2*1H. The Kier molecular flexibility index (Phi) is 10.0. The molecule has 2 saturated heterocycles. The number of carbonyl (C=O) groups excluding carboxylic acids is 1. The van der Waals surface area contributed by atoms with Gasteiger partial charge in [-0.1, -0.05) is 18.2 Å². The van der Waals surface area contributed by atoms with Gasteiger partial charge in [-0.25, -0.2) is 4.79 Å². The van der Waals surface area contributed by atoms with E-state index in [1.807, 2.05) is 11.0 Å². The molecule has 0 saturated carbocycles. The lowest BCUT2D eigenvalue weighted by atomic mass is 9.99. The highest BCUT2D eigenvalue weighted by Gasteiger charge is 2.27. The number of anilines is 1. The second-order valence-corrected chi connectivity index (χ2v) is 7.08. The Balaban J connectivity index is 0.00000196. The van der Waals surface area contributed by atoms with E-state index < -0.39 is 11.9 Å². The molecule has 3 rings (SSSR count). The lowest BCUT2D eigenvalue weighted by Crippen LogP contribution is -2.54. The molecule has 28 heavy (non-hydrogen) atoms. The number of benzene rings is 1. The third-order valence-electron chi connectivity index (χ3n) is 5.47. The van der Waals surface area contributed by atoms with Crippen LogP contribution in [0.15, 0.2) is 24.3 Å². The second kappa shape index (κ2) is 11.5. The quantitative estimate of drug-likeness (QED) is 0.680. The first-order chi connectivity index (χ1) is 12.6. The van der Waals surface area contributed by atoms with Gasteiger partial charge in [0, 0.05) is 37.9 Å². The molecule has 0 aromatic heterocycles. The SMILES string of the molecule is CC(C(=O)O)c1ccccc1NC(=O)N1CCN(C2CCNCC2)CC1.Cl.Cl. The van der Waals surface area contributed by atoms with Gasteiger partial charge < -0.3 is 20.6 Å². The van der Waals surface area contributed by atoms with E-state index >= 15 is 0 Å².